The van der Waals surface area contributed by atoms with E-state index in [0.717, 1.165) is 4.47 Å². The van der Waals surface area contributed by atoms with Gasteiger partial charge in [0.25, 0.3) is 11.6 Å². The third-order valence-corrected chi connectivity index (χ3v) is 3.83. The lowest BCUT2D eigenvalue weighted by atomic mass is 10.2. The first-order valence-corrected chi connectivity index (χ1v) is 7.73. The number of hydrogen-bond donors (Lipinski definition) is 2. The molecule has 7 nitrogen and oxygen atoms in total. The smallest absolute Gasteiger partial charge is 0.271 e. The fourth-order valence-corrected chi connectivity index (χ4v) is 2.90. The van der Waals surface area contributed by atoms with Crippen LogP contribution >= 0.6 is 31.9 Å². The predicted octanol–water partition coefficient (Wildman–Crippen LogP) is 3.59. The van der Waals surface area contributed by atoms with Crippen molar-refractivity contribution in [3.8, 4) is 5.75 Å². The van der Waals surface area contributed by atoms with Crippen LogP contribution in [-0.4, -0.2) is 22.2 Å². The molecule has 2 aromatic rings. The molecule has 2 aromatic carbocycles. The van der Waals surface area contributed by atoms with Crippen LogP contribution in [-0.2, 0) is 0 Å². The van der Waals surface area contributed by atoms with Gasteiger partial charge in [0.15, 0.2) is 0 Å². The van der Waals surface area contributed by atoms with Gasteiger partial charge in [0.2, 0.25) is 0 Å². The number of hydrogen-bond acceptors (Lipinski definition) is 5. The van der Waals surface area contributed by atoms with Crippen molar-refractivity contribution in [2.45, 2.75) is 0 Å². The Morgan fingerprint density at radius 3 is 2.52 bits per heavy atom. The van der Waals surface area contributed by atoms with Gasteiger partial charge in [-0.05, 0) is 40.2 Å². The average molecular weight is 443 g/mol. The number of carbonyl (C=O) groups is 1. The highest BCUT2D eigenvalue weighted by atomic mass is 79.9. The van der Waals surface area contributed by atoms with E-state index in [1.807, 2.05) is 0 Å². The van der Waals surface area contributed by atoms with E-state index in [1.165, 1.54) is 30.5 Å². The van der Waals surface area contributed by atoms with E-state index in [0.29, 0.717) is 10.0 Å². The summed E-state index contributed by atoms with van der Waals surface area (Å²) in [6.07, 6.45) is 1.29. The third kappa shape index (κ3) is 4.36. The molecule has 2 rings (SSSR count). The van der Waals surface area contributed by atoms with Gasteiger partial charge in [0.1, 0.15) is 5.75 Å². The van der Waals surface area contributed by atoms with Crippen molar-refractivity contribution in [3.63, 3.8) is 0 Å². The molecule has 2 N–H and O–H groups in total. The van der Waals surface area contributed by atoms with Crippen molar-refractivity contribution >= 4 is 49.7 Å². The van der Waals surface area contributed by atoms with Crippen molar-refractivity contribution in [2.75, 3.05) is 0 Å². The summed E-state index contributed by atoms with van der Waals surface area (Å²) in [7, 11) is 0. The Bertz CT molecular complexity index is 791. The van der Waals surface area contributed by atoms with Crippen molar-refractivity contribution in [2.24, 2.45) is 5.10 Å². The Morgan fingerprint density at radius 1 is 1.26 bits per heavy atom. The van der Waals surface area contributed by atoms with E-state index >= 15 is 0 Å². The van der Waals surface area contributed by atoms with Gasteiger partial charge in [-0.2, -0.15) is 5.10 Å². The zero-order valence-corrected chi connectivity index (χ0v) is 14.5. The maximum Gasteiger partial charge on any atom is 0.271 e. The summed E-state index contributed by atoms with van der Waals surface area (Å²) >= 11 is 6.47. The molecule has 9 heteroatoms. The summed E-state index contributed by atoms with van der Waals surface area (Å²) in [5.41, 5.74) is 2.81. The molecule has 0 aliphatic carbocycles. The Morgan fingerprint density at radius 2 is 1.91 bits per heavy atom. The van der Waals surface area contributed by atoms with Crippen LogP contribution in [0.25, 0.3) is 0 Å². The lowest BCUT2D eigenvalue weighted by Gasteiger charge is -2.03. The van der Waals surface area contributed by atoms with Gasteiger partial charge in [-0.25, -0.2) is 5.43 Å². The standard InChI is InChI=1S/C14H9Br2N3O4/c15-10-5-9(13(20)12(16)6-10)7-17-18-14(21)8-1-3-11(4-2-8)19(22)23/h1-7,20H,(H,18,21)/b17-7-. The fraction of sp³-hybridized carbons (Fsp3) is 0. The topological polar surface area (TPSA) is 105 Å². The maximum atomic E-state index is 11.9. The fourth-order valence-electron chi connectivity index (χ4n) is 1.64. The number of nitrogens with zero attached hydrogens (tertiary/aromatic N) is 2. The summed E-state index contributed by atoms with van der Waals surface area (Å²) in [5, 5.41) is 24.2. The van der Waals surface area contributed by atoms with Crippen LogP contribution in [0.5, 0.6) is 5.75 Å². The van der Waals surface area contributed by atoms with Crippen molar-refractivity contribution < 1.29 is 14.8 Å². The number of non-ortho nitro benzene ring substituents is 1. The minimum atomic E-state index is -0.548. The molecule has 0 aromatic heterocycles. The molecule has 0 saturated heterocycles. The van der Waals surface area contributed by atoms with Crippen LogP contribution < -0.4 is 5.43 Å². The number of rotatable bonds is 4. The van der Waals surface area contributed by atoms with Gasteiger partial charge >= 0.3 is 0 Å². The number of amides is 1. The number of phenols is 1. The van der Waals surface area contributed by atoms with Gasteiger partial charge < -0.3 is 5.11 Å². The molecule has 0 fully saturated rings. The number of benzene rings is 2. The highest BCUT2D eigenvalue weighted by Crippen LogP contribution is 2.30. The van der Waals surface area contributed by atoms with E-state index in [4.69, 9.17) is 0 Å². The summed E-state index contributed by atoms with van der Waals surface area (Å²) < 4.78 is 1.21. The van der Waals surface area contributed by atoms with Crippen molar-refractivity contribution in [1.82, 2.24) is 5.43 Å². The third-order valence-electron chi connectivity index (χ3n) is 2.77. The highest BCUT2D eigenvalue weighted by Gasteiger charge is 2.09. The highest BCUT2D eigenvalue weighted by molar-refractivity contribution is 9.11. The largest absolute Gasteiger partial charge is 0.506 e. The van der Waals surface area contributed by atoms with Crippen molar-refractivity contribution in [1.29, 1.82) is 0 Å². The molecule has 0 unspecified atom stereocenters. The number of halogens is 2. The number of nitrogens with one attached hydrogen (secondary N) is 1. The normalized spacial score (nSPS) is 10.7. The molecule has 0 aliphatic heterocycles. The molecule has 0 aliphatic rings. The molecular weight excluding hydrogens is 434 g/mol. The van der Waals surface area contributed by atoms with Gasteiger partial charge in [0, 0.05) is 27.7 Å². The van der Waals surface area contributed by atoms with Crippen LogP contribution in [0.3, 0.4) is 0 Å². The molecule has 0 atom stereocenters. The van der Waals surface area contributed by atoms with Crippen LogP contribution in [0.4, 0.5) is 5.69 Å². The van der Waals surface area contributed by atoms with Gasteiger partial charge in [0.05, 0.1) is 15.6 Å². The number of carbonyl (C=O) groups excluding carboxylic acids is 1. The van der Waals surface area contributed by atoms with E-state index in [-0.39, 0.29) is 17.0 Å². The Kier molecular flexibility index (Phi) is 5.45. The van der Waals surface area contributed by atoms with Gasteiger partial charge in [-0.15, -0.1) is 0 Å². The molecule has 0 bridgehead atoms. The lowest BCUT2D eigenvalue weighted by molar-refractivity contribution is -0.384. The molecular formula is C14H9Br2N3O4. The summed E-state index contributed by atoms with van der Waals surface area (Å²) in [4.78, 5) is 21.9. The summed E-state index contributed by atoms with van der Waals surface area (Å²) in [6, 6.07) is 8.42. The minimum absolute atomic E-state index is 0.0125. The molecule has 0 radical (unpaired) electrons. The molecule has 23 heavy (non-hydrogen) atoms. The van der Waals surface area contributed by atoms with E-state index in [1.54, 1.807) is 12.1 Å². The Balaban J connectivity index is 2.08. The summed E-state index contributed by atoms with van der Waals surface area (Å²) in [5.74, 6) is -0.536. The number of nitro groups is 1. The van der Waals surface area contributed by atoms with Crippen LogP contribution in [0, 0.1) is 10.1 Å². The van der Waals surface area contributed by atoms with Crippen LogP contribution in [0.1, 0.15) is 15.9 Å². The van der Waals surface area contributed by atoms with E-state index in [9.17, 15) is 20.0 Å². The molecule has 0 saturated carbocycles. The first-order valence-electron chi connectivity index (χ1n) is 6.14. The first kappa shape index (κ1) is 17.1. The molecule has 118 valence electrons. The second-order valence-electron chi connectivity index (χ2n) is 4.33. The number of hydrazone groups is 1. The van der Waals surface area contributed by atoms with Crippen LogP contribution in [0.15, 0.2) is 50.4 Å². The Hall–Kier alpha value is -2.26. The summed E-state index contributed by atoms with van der Waals surface area (Å²) in [6.45, 7) is 0. The molecule has 1 amide bonds. The SMILES string of the molecule is O=C(N/N=C\c1cc(Br)cc(Br)c1O)c1ccc([N+](=O)[O-])cc1. The predicted molar refractivity (Wildman–Crippen MR) is 91.7 cm³/mol. The second-order valence-corrected chi connectivity index (χ2v) is 6.10. The van der Waals surface area contributed by atoms with Crippen LogP contribution in [0.2, 0.25) is 0 Å². The second kappa shape index (κ2) is 7.34. The lowest BCUT2D eigenvalue weighted by Crippen LogP contribution is -2.17. The average Bonchev–Trinajstić information content (AvgIpc) is 2.51. The zero-order valence-electron chi connectivity index (χ0n) is 11.4. The van der Waals surface area contributed by atoms with Crippen molar-refractivity contribution in [3.05, 3.63) is 66.6 Å². The molecule has 0 heterocycles. The minimum Gasteiger partial charge on any atom is -0.506 e. The van der Waals surface area contributed by atoms with Gasteiger partial charge in [-0.3, -0.25) is 14.9 Å². The Labute approximate surface area is 147 Å². The number of phenolic OH excluding ortho intramolecular Hbond substituents is 1. The quantitative estimate of drug-likeness (QED) is 0.428. The van der Waals surface area contributed by atoms with E-state index < -0.39 is 10.8 Å². The number of nitro benzene ring substituents is 1. The molecule has 0 spiro atoms. The maximum absolute atomic E-state index is 11.9. The zero-order chi connectivity index (χ0) is 17.0. The monoisotopic (exact) mass is 441 g/mol. The van der Waals surface area contributed by atoms with Gasteiger partial charge in [-0.1, -0.05) is 15.9 Å². The first-order chi connectivity index (χ1) is 10.9. The van der Waals surface area contributed by atoms with E-state index in [2.05, 4.69) is 42.4 Å². The number of aromatic hydroxyl groups is 1.